The maximum Gasteiger partial charge on any atom is 0.222 e. The number of aliphatic hydroxyl groups excluding tert-OH is 1. The van der Waals surface area contributed by atoms with Gasteiger partial charge in [-0.2, -0.15) is 0 Å². The molecule has 0 unspecified atom stereocenters. The number of benzene rings is 3. The van der Waals surface area contributed by atoms with Crippen LogP contribution in [-0.4, -0.2) is 48.5 Å². The first-order chi connectivity index (χ1) is 16.8. The van der Waals surface area contributed by atoms with E-state index in [1.807, 2.05) is 91.0 Å². The molecule has 0 amide bonds. The lowest BCUT2D eigenvalue weighted by Gasteiger charge is -2.45. The standard InChI is InChI=1S/C28H30O6/c29-20-28-27(32-18-23-14-8-3-9-15-23)26(31-17-22-12-6-2-7-13-22)25(24(34-28)19-33-28)30-16-21-10-4-1-5-11-21/h1-15,24-27,29H,16-20H2/t24-,25-,26-,27+,28-/m1/s1. The van der Waals surface area contributed by atoms with Crippen LogP contribution in [0.4, 0.5) is 0 Å². The molecule has 2 fully saturated rings. The molecule has 2 heterocycles. The zero-order valence-electron chi connectivity index (χ0n) is 19.0. The summed E-state index contributed by atoms with van der Waals surface area (Å²) in [6.45, 7) is 1.10. The molecule has 2 aliphatic rings. The minimum atomic E-state index is -1.28. The van der Waals surface area contributed by atoms with Gasteiger partial charge in [-0.05, 0) is 16.7 Å². The van der Waals surface area contributed by atoms with Gasteiger partial charge in [0, 0.05) is 0 Å². The molecule has 34 heavy (non-hydrogen) atoms. The maximum atomic E-state index is 10.3. The van der Waals surface area contributed by atoms with Gasteiger partial charge in [-0.25, -0.2) is 0 Å². The third-order valence-corrected chi connectivity index (χ3v) is 6.33. The summed E-state index contributed by atoms with van der Waals surface area (Å²) in [4.78, 5) is 0. The molecule has 178 valence electrons. The van der Waals surface area contributed by atoms with Crippen molar-refractivity contribution in [1.29, 1.82) is 0 Å². The molecule has 1 N–H and O–H groups in total. The second-order valence-corrected chi connectivity index (χ2v) is 8.68. The molecular weight excluding hydrogens is 432 g/mol. The minimum absolute atomic E-state index is 0.302. The topological polar surface area (TPSA) is 66.4 Å². The summed E-state index contributed by atoms with van der Waals surface area (Å²) >= 11 is 0. The molecular formula is C28H30O6. The predicted octanol–water partition coefficient (Wildman–Crippen LogP) is 3.86. The quantitative estimate of drug-likeness (QED) is 0.494. The van der Waals surface area contributed by atoms with E-state index in [0.29, 0.717) is 26.4 Å². The van der Waals surface area contributed by atoms with E-state index < -0.39 is 24.1 Å². The van der Waals surface area contributed by atoms with Gasteiger partial charge in [0.1, 0.15) is 31.0 Å². The Morgan fingerprint density at radius 2 is 1.15 bits per heavy atom. The molecule has 5 atom stereocenters. The normalized spacial score (nSPS) is 28.1. The summed E-state index contributed by atoms with van der Waals surface area (Å²) in [5.74, 6) is -1.28. The summed E-state index contributed by atoms with van der Waals surface area (Å²) in [5, 5.41) is 10.3. The fraction of sp³-hybridized carbons (Fsp3) is 0.357. The SMILES string of the molecule is OC[C@@]12OC[C@@H](O1)[C@@H](OCc1ccccc1)[C@@H](OCc1ccccc1)[C@@H]2OCc1ccccc1. The molecule has 0 radical (unpaired) electrons. The first-order valence-corrected chi connectivity index (χ1v) is 11.7. The summed E-state index contributed by atoms with van der Waals surface area (Å²) < 4.78 is 31.4. The van der Waals surface area contributed by atoms with Crippen LogP contribution in [0, 0.1) is 0 Å². The van der Waals surface area contributed by atoms with E-state index in [4.69, 9.17) is 23.7 Å². The Labute approximate surface area is 200 Å². The first-order valence-electron chi connectivity index (χ1n) is 11.7. The van der Waals surface area contributed by atoms with Crippen LogP contribution in [0.25, 0.3) is 0 Å². The van der Waals surface area contributed by atoms with E-state index >= 15 is 0 Å². The average Bonchev–Trinajstić information content (AvgIpc) is 3.29. The minimum Gasteiger partial charge on any atom is -0.391 e. The Hall–Kier alpha value is -2.58. The molecule has 0 spiro atoms. The largest absolute Gasteiger partial charge is 0.391 e. The maximum absolute atomic E-state index is 10.3. The highest BCUT2D eigenvalue weighted by molar-refractivity contribution is 5.16. The van der Waals surface area contributed by atoms with Crippen LogP contribution in [-0.2, 0) is 43.5 Å². The molecule has 0 aliphatic carbocycles. The van der Waals surface area contributed by atoms with Gasteiger partial charge in [0.15, 0.2) is 0 Å². The van der Waals surface area contributed by atoms with Crippen LogP contribution in [0.5, 0.6) is 0 Å². The van der Waals surface area contributed by atoms with Crippen molar-refractivity contribution in [3.05, 3.63) is 108 Å². The molecule has 0 aromatic heterocycles. The molecule has 2 bridgehead atoms. The number of ether oxygens (including phenoxy) is 5. The molecule has 6 heteroatoms. The monoisotopic (exact) mass is 462 g/mol. The van der Waals surface area contributed by atoms with Crippen molar-refractivity contribution in [3.63, 3.8) is 0 Å². The second-order valence-electron chi connectivity index (χ2n) is 8.68. The summed E-state index contributed by atoms with van der Waals surface area (Å²) in [5.41, 5.74) is 3.12. The fourth-order valence-electron chi connectivity index (χ4n) is 4.57. The lowest BCUT2D eigenvalue weighted by molar-refractivity contribution is -0.330. The number of rotatable bonds is 10. The Morgan fingerprint density at radius 3 is 1.65 bits per heavy atom. The van der Waals surface area contributed by atoms with Crippen molar-refractivity contribution in [1.82, 2.24) is 0 Å². The van der Waals surface area contributed by atoms with Gasteiger partial charge >= 0.3 is 0 Å². The van der Waals surface area contributed by atoms with Crippen LogP contribution >= 0.6 is 0 Å². The van der Waals surface area contributed by atoms with E-state index in [0.717, 1.165) is 16.7 Å². The fourth-order valence-corrected chi connectivity index (χ4v) is 4.57. The van der Waals surface area contributed by atoms with E-state index in [1.54, 1.807) is 0 Å². The Bertz CT molecular complexity index is 1010. The molecule has 3 aromatic carbocycles. The molecule has 6 nitrogen and oxygen atoms in total. The third kappa shape index (κ3) is 5.08. The van der Waals surface area contributed by atoms with Crippen LogP contribution in [0.3, 0.4) is 0 Å². The number of hydrogen-bond donors (Lipinski definition) is 1. The van der Waals surface area contributed by atoms with Crippen molar-refractivity contribution in [2.24, 2.45) is 0 Å². The molecule has 2 aliphatic heterocycles. The molecule has 0 saturated carbocycles. The van der Waals surface area contributed by atoms with Gasteiger partial charge in [0.05, 0.1) is 26.4 Å². The van der Waals surface area contributed by atoms with E-state index in [9.17, 15) is 5.11 Å². The van der Waals surface area contributed by atoms with Gasteiger partial charge in [-0.1, -0.05) is 91.0 Å². The lowest BCUT2D eigenvalue weighted by atomic mass is 9.94. The van der Waals surface area contributed by atoms with Crippen LogP contribution in [0.15, 0.2) is 91.0 Å². The highest BCUT2D eigenvalue weighted by Gasteiger charge is 2.61. The Balaban J connectivity index is 1.40. The number of fused-ring (bicyclic) bond motifs is 2. The van der Waals surface area contributed by atoms with Crippen LogP contribution in [0.2, 0.25) is 0 Å². The van der Waals surface area contributed by atoms with Crippen molar-refractivity contribution < 1.29 is 28.8 Å². The van der Waals surface area contributed by atoms with Gasteiger partial charge in [0.25, 0.3) is 0 Å². The molecule has 2 saturated heterocycles. The van der Waals surface area contributed by atoms with Crippen LogP contribution in [0.1, 0.15) is 16.7 Å². The van der Waals surface area contributed by atoms with Gasteiger partial charge < -0.3 is 28.8 Å². The van der Waals surface area contributed by atoms with Crippen LogP contribution < -0.4 is 0 Å². The van der Waals surface area contributed by atoms with Crippen molar-refractivity contribution in [3.8, 4) is 0 Å². The summed E-state index contributed by atoms with van der Waals surface area (Å²) in [6.07, 6.45) is -1.97. The van der Waals surface area contributed by atoms with E-state index in [-0.39, 0.29) is 12.7 Å². The van der Waals surface area contributed by atoms with Crippen molar-refractivity contribution in [2.45, 2.75) is 50.0 Å². The second kappa shape index (κ2) is 10.8. The number of hydrogen-bond acceptors (Lipinski definition) is 6. The van der Waals surface area contributed by atoms with E-state index in [1.165, 1.54) is 0 Å². The van der Waals surface area contributed by atoms with Gasteiger partial charge in [-0.15, -0.1) is 0 Å². The van der Waals surface area contributed by atoms with Gasteiger partial charge in [0.2, 0.25) is 5.79 Å². The van der Waals surface area contributed by atoms with Gasteiger partial charge in [-0.3, -0.25) is 0 Å². The molecule has 5 rings (SSSR count). The third-order valence-electron chi connectivity index (χ3n) is 6.33. The first kappa shape index (κ1) is 23.2. The average molecular weight is 463 g/mol. The Morgan fingerprint density at radius 1 is 0.676 bits per heavy atom. The molecule has 3 aromatic rings. The van der Waals surface area contributed by atoms with E-state index in [2.05, 4.69) is 0 Å². The zero-order valence-corrected chi connectivity index (χ0v) is 19.0. The zero-order chi connectivity index (χ0) is 23.2. The summed E-state index contributed by atoms with van der Waals surface area (Å²) in [6, 6.07) is 29.9. The predicted molar refractivity (Wildman–Crippen MR) is 126 cm³/mol. The van der Waals surface area contributed by atoms with Crippen molar-refractivity contribution >= 4 is 0 Å². The van der Waals surface area contributed by atoms with Crippen molar-refractivity contribution in [2.75, 3.05) is 13.2 Å². The lowest BCUT2D eigenvalue weighted by Crippen LogP contribution is -2.64. The Kier molecular flexibility index (Phi) is 7.35. The highest BCUT2D eigenvalue weighted by Crippen LogP contribution is 2.42. The number of aliphatic hydroxyl groups is 1. The highest BCUT2D eigenvalue weighted by atomic mass is 16.8. The summed E-state index contributed by atoms with van der Waals surface area (Å²) in [7, 11) is 0. The smallest absolute Gasteiger partial charge is 0.222 e.